The van der Waals surface area contributed by atoms with Gasteiger partial charge in [-0.2, -0.15) is 0 Å². The lowest BCUT2D eigenvalue weighted by atomic mass is 10.0. The fourth-order valence-corrected chi connectivity index (χ4v) is 2.96. The maximum atomic E-state index is 14.4. The van der Waals surface area contributed by atoms with E-state index >= 15 is 0 Å². The first-order valence-corrected chi connectivity index (χ1v) is 8.23. The van der Waals surface area contributed by atoms with Gasteiger partial charge in [0.1, 0.15) is 17.4 Å². The molecule has 2 N–H and O–H groups in total. The molecule has 1 fully saturated rings. The summed E-state index contributed by atoms with van der Waals surface area (Å²) in [5, 5.41) is 6.02. The third-order valence-corrected chi connectivity index (χ3v) is 4.33. The molecule has 0 radical (unpaired) electrons. The van der Waals surface area contributed by atoms with Crippen LogP contribution < -0.4 is 15.4 Å². The molecule has 1 saturated heterocycles. The number of halogens is 2. The van der Waals surface area contributed by atoms with Crippen LogP contribution >= 0.6 is 0 Å². The highest BCUT2D eigenvalue weighted by atomic mass is 19.1. The van der Waals surface area contributed by atoms with Crippen molar-refractivity contribution in [3.63, 3.8) is 0 Å². The molecule has 1 heterocycles. The minimum absolute atomic E-state index is 0.000593. The van der Waals surface area contributed by atoms with Crippen LogP contribution in [-0.4, -0.2) is 32.1 Å². The van der Waals surface area contributed by atoms with Crippen LogP contribution in [-0.2, 0) is 0 Å². The molecule has 1 aliphatic heterocycles. The van der Waals surface area contributed by atoms with Crippen molar-refractivity contribution in [2.45, 2.75) is 18.9 Å². The summed E-state index contributed by atoms with van der Waals surface area (Å²) in [6.45, 7) is 1.62. The predicted octanol–water partition coefficient (Wildman–Crippen LogP) is 3.12. The molecule has 132 valence electrons. The number of hydrogen-bond acceptors (Lipinski definition) is 3. The summed E-state index contributed by atoms with van der Waals surface area (Å²) in [5.41, 5.74) is 0.583. The largest absolute Gasteiger partial charge is 0.497 e. The van der Waals surface area contributed by atoms with Crippen LogP contribution in [0, 0.1) is 11.6 Å². The van der Waals surface area contributed by atoms with Crippen molar-refractivity contribution in [3.8, 4) is 16.9 Å². The lowest BCUT2D eigenvalue weighted by Gasteiger charge is -2.23. The number of carbonyl (C=O) groups is 1. The standard InChI is InChI=1S/C19H20F2N2O2/c1-25-14-5-7-15(18(21)10-14)12-4-6-16(17(20)9-12)19(24)23-13-3-2-8-22-11-13/h4-7,9-10,13,22H,2-3,8,11H2,1H3,(H,23,24)/t13-/m0/s1. The van der Waals surface area contributed by atoms with Crippen molar-refractivity contribution >= 4 is 5.91 Å². The van der Waals surface area contributed by atoms with Crippen LogP contribution in [0.25, 0.3) is 11.1 Å². The third-order valence-electron chi connectivity index (χ3n) is 4.33. The van der Waals surface area contributed by atoms with Gasteiger partial charge >= 0.3 is 0 Å². The first-order valence-electron chi connectivity index (χ1n) is 8.23. The fourth-order valence-electron chi connectivity index (χ4n) is 2.96. The maximum absolute atomic E-state index is 14.4. The van der Waals surface area contributed by atoms with Gasteiger partial charge in [0.25, 0.3) is 5.91 Å². The van der Waals surface area contributed by atoms with Crippen molar-refractivity contribution in [3.05, 3.63) is 53.6 Å². The fraction of sp³-hybridized carbons (Fsp3) is 0.316. The van der Waals surface area contributed by atoms with Gasteiger partial charge < -0.3 is 15.4 Å². The quantitative estimate of drug-likeness (QED) is 0.894. The molecule has 0 aliphatic carbocycles. The van der Waals surface area contributed by atoms with Gasteiger partial charge in [0.15, 0.2) is 0 Å². The van der Waals surface area contributed by atoms with Crippen LogP contribution in [0.4, 0.5) is 8.78 Å². The monoisotopic (exact) mass is 346 g/mol. The zero-order chi connectivity index (χ0) is 17.8. The van der Waals surface area contributed by atoms with Crippen LogP contribution in [0.1, 0.15) is 23.2 Å². The molecule has 4 nitrogen and oxygen atoms in total. The van der Waals surface area contributed by atoms with Gasteiger partial charge in [-0.1, -0.05) is 6.07 Å². The van der Waals surface area contributed by atoms with E-state index < -0.39 is 17.5 Å². The van der Waals surface area contributed by atoms with E-state index in [9.17, 15) is 13.6 Å². The lowest BCUT2D eigenvalue weighted by Crippen LogP contribution is -2.45. The molecule has 0 saturated carbocycles. The minimum atomic E-state index is -0.672. The van der Waals surface area contributed by atoms with Crippen molar-refractivity contribution in [2.75, 3.05) is 20.2 Å². The average Bonchev–Trinajstić information content (AvgIpc) is 2.62. The number of piperidine rings is 1. The number of methoxy groups -OCH3 is 1. The lowest BCUT2D eigenvalue weighted by molar-refractivity contribution is 0.0926. The second kappa shape index (κ2) is 7.61. The van der Waals surface area contributed by atoms with E-state index in [1.54, 1.807) is 12.1 Å². The Bertz CT molecular complexity index is 774. The Morgan fingerprint density at radius 2 is 2.04 bits per heavy atom. The first-order chi connectivity index (χ1) is 12.1. The van der Waals surface area contributed by atoms with Crippen LogP contribution in [0.2, 0.25) is 0 Å². The number of amides is 1. The molecular weight excluding hydrogens is 326 g/mol. The zero-order valence-electron chi connectivity index (χ0n) is 13.9. The number of hydrogen-bond donors (Lipinski definition) is 2. The smallest absolute Gasteiger partial charge is 0.254 e. The SMILES string of the molecule is COc1ccc(-c2ccc(C(=O)N[C@H]3CCCNC3)c(F)c2)c(F)c1. The van der Waals surface area contributed by atoms with Gasteiger partial charge in [0.2, 0.25) is 0 Å². The van der Waals surface area contributed by atoms with Gasteiger partial charge in [0.05, 0.1) is 12.7 Å². The van der Waals surface area contributed by atoms with E-state index in [2.05, 4.69) is 10.6 Å². The minimum Gasteiger partial charge on any atom is -0.497 e. The summed E-state index contributed by atoms with van der Waals surface area (Å²) in [6.07, 6.45) is 1.85. The molecular formula is C19H20F2N2O2. The van der Waals surface area contributed by atoms with E-state index in [0.29, 0.717) is 17.9 Å². The van der Waals surface area contributed by atoms with E-state index in [-0.39, 0.29) is 17.2 Å². The number of rotatable bonds is 4. The highest BCUT2D eigenvalue weighted by Crippen LogP contribution is 2.27. The molecule has 1 atom stereocenters. The Hall–Kier alpha value is -2.47. The van der Waals surface area contributed by atoms with E-state index in [1.807, 2.05) is 0 Å². The summed E-state index contributed by atoms with van der Waals surface area (Å²) < 4.78 is 33.5. The molecule has 2 aromatic rings. The third kappa shape index (κ3) is 3.96. The van der Waals surface area contributed by atoms with E-state index in [4.69, 9.17) is 4.74 Å². The average molecular weight is 346 g/mol. The van der Waals surface area contributed by atoms with Gasteiger partial charge in [-0.25, -0.2) is 8.78 Å². The summed E-state index contributed by atoms with van der Waals surface area (Å²) >= 11 is 0. The topological polar surface area (TPSA) is 50.4 Å². The van der Waals surface area contributed by atoms with Crippen molar-refractivity contribution in [1.29, 1.82) is 0 Å². The van der Waals surface area contributed by atoms with Crippen molar-refractivity contribution < 1.29 is 18.3 Å². The van der Waals surface area contributed by atoms with Gasteiger partial charge in [-0.3, -0.25) is 4.79 Å². The highest BCUT2D eigenvalue weighted by molar-refractivity contribution is 5.95. The Labute approximate surface area is 145 Å². The van der Waals surface area contributed by atoms with Crippen LogP contribution in [0.3, 0.4) is 0 Å². The Morgan fingerprint density at radius 1 is 1.20 bits per heavy atom. The van der Waals surface area contributed by atoms with Crippen LogP contribution in [0.5, 0.6) is 5.75 Å². The number of carbonyl (C=O) groups excluding carboxylic acids is 1. The highest BCUT2D eigenvalue weighted by Gasteiger charge is 2.19. The molecule has 0 unspecified atom stereocenters. The van der Waals surface area contributed by atoms with Crippen molar-refractivity contribution in [1.82, 2.24) is 10.6 Å². The predicted molar refractivity (Wildman–Crippen MR) is 91.7 cm³/mol. The number of nitrogens with one attached hydrogen (secondary N) is 2. The molecule has 0 bridgehead atoms. The molecule has 25 heavy (non-hydrogen) atoms. The van der Waals surface area contributed by atoms with Crippen LogP contribution in [0.15, 0.2) is 36.4 Å². The normalized spacial score (nSPS) is 17.2. The van der Waals surface area contributed by atoms with Gasteiger partial charge in [-0.05, 0) is 49.2 Å². The molecule has 6 heteroatoms. The molecule has 0 aromatic heterocycles. The number of ether oxygens (including phenoxy) is 1. The zero-order valence-corrected chi connectivity index (χ0v) is 13.9. The molecule has 1 aliphatic rings. The van der Waals surface area contributed by atoms with Gasteiger partial charge in [-0.15, -0.1) is 0 Å². The summed E-state index contributed by atoms with van der Waals surface area (Å²) in [4.78, 5) is 12.3. The Kier molecular flexibility index (Phi) is 5.28. The van der Waals surface area contributed by atoms with Crippen molar-refractivity contribution in [2.24, 2.45) is 0 Å². The summed E-state index contributed by atoms with van der Waals surface area (Å²) in [6, 6.07) is 8.48. The second-order valence-corrected chi connectivity index (χ2v) is 6.06. The molecule has 0 spiro atoms. The van der Waals surface area contributed by atoms with Gasteiger partial charge in [0, 0.05) is 24.2 Å². The first kappa shape index (κ1) is 17.4. The number of benzene rings is 2. The van der Waals surface area contributed by atoms with E-state index in [0.717, 1.165) is 19.4 Å². The second-order valence-electron chi connectivity index (χ2n) is 6.06. The molecule has 3 rings (SSSR count). The Morgan fingerprint density at radius 3 is 2.68 bits per heavy atom. The summed E-state index contributed by atoms with van der Waals surface area (Å²) in [7, 11) is 1.45. The maximum Gasteiger partial charge on any atom is 0.254 e. The summed E-state index contributed by atoms with van der Waals surface area (Å²) in [5.74, 6) is -1.25. The molecule has 1 amide bonds. The van der Waals surface area contributed by atoms with E-state index in [1.165, 1.54) is 31.4 Å². The Balaban J connectivity index is 1.79. The molecule has 2 aromatic carbocycles.